The van der Waals surface area contributed by atoms with E-state index in [1.54, 1.807) is 6.92 Å². The SMILES string of the molecule is CC(C(=O)O)N1CC2CCCC(N)C2C1. The number of carbonyl (C=O) groups is 1. The second kappa shape index (κ2) is 4.10. The lowest BCUT2D eigenvalue weighted by molar-refractivity contribution is -0.142. The molecule has 2 rings (SSSR count). The standard InChI is InChI=1S/C11H20N2O2/c1-7(11(14)15)13-5-8-3-2-4-10(12)9(8)6-13/h7-10H,2-6,12H2,1H3,(H,14,15). The fraction of sp³-hybridized carbons (Fsp3) is 0.909. The van der Waals surface area contributed by atoms with Crippen LogP contribution in [0.2, 0.25) is 0 Å². The molecule has 2 aliphatic rings. The Morgan fingerprint density at radius 3 is 2.80 bits per heavy atom. The molecule has 1 saturated heterocycles. The van der Waals surface area contributed by atoms with Gasteiger partial charge >= 0.3 is 5.97 Å². The van der Waals surface area contributed by atoms with E-state index in [9.17, 15) is 4.79 Å². The normalized spacial score (nSPS) is 38.7. The van der Waals surface area contributed by atoms with Gasteiger partial charge in [0.15, 0.2) is 0 Å². The molecule has 2 fully saturated rings. The van der Waals surface area contributed by atoms with Crippen LogP contribution in [0, 0.1) is 11.8 Å². The lowest BCUT2D eigenvalue weighted by Gasteiger charge is -2.30. The first-order valence-corrected chi connectivity index (χ1v) is 5.82. The van der Waals surface area contributed by atoms with Crippen molar-refractivity contribution in [3.05, 3.63) is 0 Å². The smallest absolute Gasteiger partial charge is 0.320 e. The van der Waals surface area contributed by atoms with Crippen LogP contribution in [0.25, 0.3) is 0 Å². The summed E-state index contributed by atoms with van der Waals surface area (Å²) in [6.07, 6.45) is 3.54. The fourth-order valence-corrected chi connectivity index (χ4v) is 3.02. The van der Waals surface area contributed by atoms with Crippen molar-refractivity contribution < 1.29 is 9.90 Å². The van der Waals surface area contributed by atoms with E-state index in [-0.39, 0.29) is 12.1 Å². The van der Waals surface area contributed by atoms with Crippen molar-refractivity contribution in [2.45, 2.75) is 38.3 Å². The van der Waals surface area contributed by atoms with Crippen LogP contribution in [-0.2, 0) is 4.79 Å². The van der Waals surface area contributed by atoms with Crippen LogP contribution in [-0.4, -0.2) is 41.1 Å². The third-order valence-corrected chi connectivity index (χ3v) is 4.09. The largest absolute Gasteiger partial charge is 0.480 e. The number of hydrogen-bond donors (Lipinski definition) is 2. The molecular weight excluding hydrogens is 192 g/mol. The molecule has 1 heterocycles. The predicted octanol–water partition coefficient (Wildman–Crippen LogP) is 0.519. The van der Waals surface area contributed by atoms with Crippen LogP contribution in [0.15, 0.2) is 0 Å². The van der Waals surface area contributed by atoms with Gasteiger partial charge in [-0.2, -0.15) is 0 Å². The Morgan fingerprint density at radius 1 is 1.47 bits per heavy atom. The highest BCUT2D eigenvalue weighted by Crippen LogP contribution is 2.36. The molecule has 1 saturated carbocycles. The van der Waals surface area contributed by atoms with Gasteiger partial charge < -0.3 is 10.8 Å². The Bertz CT molecular complexity index is 257. The maximum Gasteiger partial charge on any atom is 0.320 e. The Morgan fingerprint density at radius 2 is 2.20 bits per heavy atom. The maximum absolute atomic E-state index is 10.9. The van der Waals surface area contributed by atoms with Crippen LogP contribution >= 0.6 is 0 Å². The number of aliphatic carboxylic acids is 1. The van der Waals surface area contributed by atoms with E-state index >= 15 is 0 Å². The molecule has 4 atom stereocenters. The number of carboxylic acids is 1. The van der Waals surface area contributed by atoms with Gasteiger partial charge in [0.25, 0.3) is 0 Å². The van der Waals surface area contributed by atoms with Gasteiger partial charge in [0, 0.05) is 19.1 Å². The number of fused-ring (bicyclic) bond motifs is 1. The zero-order chi connectivity index (χ0) is 11.0. The lowest BCUT2D eigenvalue weighted by Crippen LogP contribution is -2.40. The summed E-state index contributed by atoms with van der Waals surface area (Å²) in [7, 11) is 0. The number of hydrogen-bond acceptors (Lipinski definition) is 3. The highest BCUT2D eigenvalue weighted by molar-refractivity contribution is 5.72. The third-order valence-electron chi connectivity index (χ3n) is 4.09. The summed E-state index contributed by atoms with van der Waals surface area (Å²) in [4.78, 5) is 13.0. The topological polar surface area (TPSA) is 66.6 Å². The van der Waals surface area contributed by atoms with Crippen molar-refractivity contribution >= 4 is 5.97 Å². The van der Waals surface area contributed by atoms with Gasteiger partial charge in [-0.05, 0) is 31.6 Å². The van der Waals surface area contributed by atoms with E-state index < -0.39 is 5.97 Å². The molecule has 15 heavy (non-hydrogen) atoms. The predicted molar refractivity (Wildman–Crippen MR) is 57.5 cm³/mol. The van der Waals surface area contributed by atoms with E-state index in [2.05, 4.69) is 4.90 Å². The number of nitrogens with two attached hydrogens (primary N) is 1. The minimum Gasteiger partial charge on any atom is -0.480 e. The van der Waals surface area contributed by atoms with Gasteiger partial charge in [-0.25, -0.2) is 0 Å². The Hall–Kier alpha value is -0.610. The molecule has 0 radical (unpaired) electrons. The molecule has 0 aromatic rings. The Balaban J connectivity index is 2.00. The van der Waals surface area contributed by atoms with Crippen LogP contribution in [0.1, 0.15) is 26.2 Å². The number of rotatable bonds is 2. The van der Waals surface area contributed by atoms with Crippen LogP contribution < -0.4 is 5.73 Å². The molecule has 86 valence electrons. The molecule has 0 bridgehead atoms. The molecule has 4 nitrogen and oxygen atoms in total. The Kier molecular flexibility index (Phi) is 2.98. The summed E-state index contributed by atoms with van der Waals surface area (Å²) >= 11 is 0. The maximum atomic E-state index is 10.9. The monoisotopic (exact) mass is 212 g/mol. The van der Waals surface area contributed by atoms with Gasteiger partial charge in [0.1, 0.15) is 6.04 Å². The summed E-state index contributed by atoms with van der Waals surface area (Å²) < 4.78 is 0. The van der Waals surface area contributed by atoms with Gasteiger partial charge in [-0.15, -0.1) is 0 Å². The van der Waals surface area contributed by atoms with Crippen molar-refractivity contribution in [1.82, 2.24) is 4.90 Å². The van der Waals surface area contributed by atoms with Crippen molar-refractivity contribution in [2.75, 3.05) is 13.1 Å². The number of nitrogens with zero attached hydrogens (tertiary/aromatic N) is 1. The first-order valence-electron chi connectivity index (χ1n) is 5.82. The lowest BCUT2D eigenvalue weighted by atomic mass is 9.78. The van der Waals surface area contributed by atoms with Crippen LogP contribution in [0.4, 0.5) is 0 Å². The van der Waals surface area contributed by atoms with Gasteiger partial charge in [-0.1, -0.05) is 6.42 Å². The summed E-state index contributed by atoms with van der Waals surface area (Å²) in [6.45, 7) is 3.57. The number of carboxylic acid groups (broad SMARTS) is 1. The highest BCUT2D eigenvalue weighted by Gasteiger charge is 2.41. The summed E-state index contributed by atoms with van der Waals surface area (Å²) in [5.41, 5.74) is 6.08. The van der Waals surface area contributed by atoms with Crippen molar-refractivity contribution in [3.8, 4) is 0 Å². The second-order valence-electron chi connectivity index (χ2n) is 4.99. The molecule has 4 unspecified atom stereocenters. The average molecular weight is 212 g/mol. The second-order valence-corrected chi connectivity index (χ2v) is 4.99. The van der Waals surface area contributed by atoms with Crippen molar-refractivity contribution in [3.63, 3.8) is 0 Å². The first-order chi connectivity index (χ1) is 7.09. The van der Waals surface area contributed by atoms with Crippen LogP contribution in [0.3, 0.4) is 0 Å². The quantitative estimate of drug-likeness (QED) is 0.700. The molecule has 1 aliphatic heterocycles. The number of likely N-dealkylation sites (tertiary alicyclic amines) is 1. The average Bonchev–Trinajstić information content (AvgIpc) is 2.61. The van der Waals surface area contributed by atoms with Crippen LogP contribution in [0.5, 0.6) is 0 Å². The van der Waals surface area contributed by atoms with Gasteiger partial charge in [0.05, 0.1) is 0 Å². The van der Waals surface area contributed by atoms with E-state index in [1.165, 1.54) is 12.8 Å². The molecule has 3 N–H and O–H groups in total. The molecule has 0 spiro atoms. The van der Waals surface area contributed by atoms with E-state index in [0.717, 1.165) is 19.5 Å². The van der Waals surface area contributed by atoms with E-state index in [1.807, 2.05) is 0 Å². The van der Waals surface area contributed by atoms with E-state index in [4.69, 9.17) is 10.8 Å². The minimum absolute atomic E-state index is 0.287. The molecular formula is C11H20N2O2. The zero-order valence-corrected chi connectivity index (χ0v) is 9.22. The third kappa shape index (κ3) is 2.01. The molecule has 0 aromatic heterocycles. The zero-order valence-electron chi connectivity index (χ0n) is 9.22. The van der Waals surface area contributed by atoms with Gasteiger partial charge in [0.2, 0.25) is 0 Å². The van der Waals surface area contributed by atoms with Crippen molar-refractivity contribution in [2.24, 2.45) is 17.6 Å². The van der Waals surface area contributed by atoms with E-state index in [0.29, 0.717) is 11.8 Å². The molecule has 1 aliphatic carbocycles. The highest BCUT2D eigenvalue weighted by atomic mass is 16.4. The summed E-state index contributed by atoms with van der Waals surface area (Å²) in [6, 6.07) is -0.0717. The molecule has 0 aromatic carbocycles. The first kappa shape index (κ1) is 10.9. The summed E-state index contributed by atoms with van der Waals surface area (Å²) in [5, 5.41) is 8.97. The molecule has 4 heteroatoms. The van der Waals surface area contributed by atoms with Gasteiger partial charge in [-0.3, -0.25) is 9.69 Å². The fourth-order valence-electron chi connectivity index (χ4n) is 3.02. The molecule has 0 amide bonds. The Labute approximate surface area is 90.4 Å². The minimum atomic E-state index is -0.720. The summed E-state index contributed by atoms with van der Waals surface area (Å²) in [5.74, 6) is 0.443. The van der Waals surface area contributed by atoms with Crippen molar-refractivity contribution in [1.29, 1.82) is 0 Å².